The van der Waals surface area contributed by atoms with Gasteiger partial charge in [0, 0.05) is 7.11 Å². The molecule has 0 spiro atoms. The highest BCUT2D eigenvalue weighted by atomic mass is 16.7. The molecule has 0 aromatic heterocycles. The van der Waals surface area contributed by atoms with Crippen molar-refractivity contribution in [2.45, 2.75) is 58.3 Å². The average Bonchev–Trinajstić information content (AvgIpc) is 2.44. The van der Waals surface area contributed by atoms with Gasteiger partial charge >= 0.3 is 14.4 Å². The summed E-state index contributed by atoms with van der Waals surface area (Å²) in [4.78, 5) is 0. The summed E-state index contributed by atoms with van der Waals surface area (Å²) in [5.41, 5.74) is -1.27. The molecule has 18 heavy (non-hydrogen) atoms. The third-order valence-corrected chi connectivity index (χ3v) is 3.77. The molecule has 1 heterocycles. The van der Waals surface area contributed by atoms with Crippen molar-refractivity contribution in [2.24, 2.45) is 0 Å². The first kappa shape index (κ1) is 15.6. The van der Waals surface area contributed by atoms with Crippen molar-refractivity contribution in [3.8, 4) is 0 Å². The molecule has 1 rings (SSSR count). The van der Waals surface area contributed by atoms with Gasteiger partial charge in [0.2, 0.25) is 0 Å². The van der Waals surface area contributed by atoms with Crippen molar-refractivity contribution in [1.29, 1.82) is 0 Å². The molecule has 0 bridgehead atoms. The smallest absolute Gasteiger partial charge is 0.458 e. The van der Waals surface area contributed by atoms with Crippen molar-refractivity contribution in [1.82, 2.24) is 0 Å². The van der Waals surface area contributed by atoms with E-state index in [4.69, 9.17) is 18.7 Å². The number of hydrogen-bond acceptors (Lipinski definition) is 4. The summed E-state index contributed by atoms with van der Waals surface area (Å²) in [7, 11) is 2.63. The van der Waals surface area contributed by atoms with Crippen LogP contribution in [0.5, 0.6) is 0 Å². The van der Waals surface area contributed by atoms with Crippen molar-refractivity contribution in [3.05, 3.63) is 12.3 Å². The fourth-order valence-corrected chi connectivity index (χ4v) is 1.34. The van der Waals surface area contributed by atoms with Crippen molar-refractivity contribution in [3.63, 3.8) is 0 Å². The van der Waals surface area contributed by atoms with Gasteiger partial charge in [-0.3, -0.25) is 0 Å². The van der Waals surface area contributed by atoms with Gasteiger partial charge in [0.25, 0.3) is 0 Å². The lowest BCUT2D eigenvalue weighted by Crippen LogP contribution is -2.41. The summed E-state index contributed by atoms with van der Waals surface area (Å²) >= 11 is 0. The van der Waals surface area contributed by atoms with E-state index >= 15 is 0 Å². The second-order valence-electron chi connectivity index (χ2n) is 6.02. The Bertz CT molecular complexity index is 310. The predicted octanol–water partition coefficient (Wildman–Crippen LogP) is 2.15. The van der Waals surface area contributed by atoms with Gasteiger partial charge in [-0.25, -0.2) is 0 Å². The summed E-state index contributed by atoms with van der Waals surface area (Å²) < 4.78 is 22.3. The van der Waals surface area contributed by atoms with Crippen molar-refractivity contribution >= 4 is 14.4 Å². The van der Waals surface area contributed by atoms with Crippen molar-refractivity contribution < 1.29 is 18.7 Å². The van der Waals surface area contributed by atoms with Gasteiger partial charge < -0.3 is 18.7 Å². The van der Waals surface area contributed by atoms with E-state index in [1.54, 1.807) is 7.11 Å². The number of ether oxygens (including phenoxy) is 1. The molecule has 6 heteroatoms. The van der Waals surface area contributed by atoms with Gasteiger partial charge in [-0.2, -0.15) is 0 Å². The van der Waals surface area contributed by atoms with Crippen LogP contribution in [-0.2, 0) is 18.7 Å². The Morgan fingerprint density at radius 1 is 1.17 bits per heavy atom. The highest BCUT2D eigenvalue weighted by Crippen LogP contribution is 2.36. The lowest BCUT2D eigenvalue weighted by atomic mass is 9.56. The fourth-order valence-electron chi connectivity index (χ4n) is 1.34. The zero-order valence-electron chi connectivity index (χ0n) is 12.5. The molecule has 0 amide bonds. The van der Waals surface area contributed by atoms with E-state index < -0.39 is 12.6 Å². The monoisotopic (exact) mass is 253 g/mol. The molecule has 1 fully saturated rings. The van der Waals surface area contributed by atoms with Crippen molar-refractivity contribution in [2.75, 3.05) is 7.11 Å². The minimum absolute atomic E-state index is 0.365. The van der Waals surface area contributed by atoms with E-state index in [1.807, 2.05) is 41.5 Å². The van der Waals surface area contributed by atoms with Crippen LogP contribution < -0.4 is 0 Å². The van der Waals surface area contributed by atoms with Crippen LogP contribution in [0.4, 0.5) is 0 Å². The molecule has 0 atom stereocenters. The first-order valence-corrected chi connectivity index (χ1v) is 6.12. The number of hydrogen-bond donors (Lipinski definition) is 0. The molecule has 0 saturated carbocycles. The fraction of sp³-hybridized carbons (Fsp3) is 0.833. The van der Waals surface area contributed by atoms with Gasteiger partial charge in [-0.05, 0) is 41.5 Å². The third kappa shape index (κ3) is 3.11. The van der Waals surface area contributed by atoms with Gasteiger partial charge in [0.15, 0.2) is 0 Å². The number of methoxy groups -OCH3 is 1. The Hall–Kier alpha value is -0.450. The molecule has 1 saturated heterocycles. The molecule has 1 aliphatic rings. The third-order valence-electron chi connectivity index (χ3n) is 3.77. The highest BCUT2D eigenvalue weighted by Gasteiger charge is 2.52. The Balaban J connectivity index is 2.51. The van der Waals surface area contributed by atoms with Gasteiger partial charge in [-0.1, -0.05) is 6.58 Å². The minimum atomic E-state index is -0.542. The maximum absolute atomic E-state index is 5.78. The van der Waals surface area contributed by atoms with Gasteiger partial charge in [0.1, 0.15) is 5.60 Å². The largest absolute Gasteiger partial charge is 0.566 e. The molecular weight excluding hydrogens is 230 g/mol. The second-order valence-corrected chi connectivity index (χ2v) is 6.02. The molecule has 101 valence electrons. The van der Waals surface area contributed by atoms with E-state index in [0.29, 0.717) is 5.76 Å². The van der Waals surface area contributed by atoms with Crippen LogP contribution in [0.1, 0.15) is 41.5 Å². The Morgan fingerprint density at radius 2 is 1.61 bits per heavy atom. The minimum Gasteiger partial charge on any atom is -0.566 e. The predicted molar refractivity (Wildman–Crippen MR) is 73.1 cm³/mol. The van der Waals surface area contributed by atoms with Gasteiger partial charge in [0.05, 0.1) is 17.0 Å². The summed E-state index contributed by atoms with van der Waals surface area (Å²) in [5, 5.41) is 0. The topological polar surface area (TPSA) is 36.9 Å². The average molecular weight is 253 g/mol. The zero-order chi connectivity index (χ0) is 14.2. The zero-order valence-corrected chi connectivity index (χ0v) is 12.5. The van der Waals surface area contributed by atoms with Crippen LogP contribution in [-0.4, -0.2) is 38.3 Å². The van der Waals surface area contributed by atoms with Crippen LogP contribution in [0.2, 0.25) is 0 Å². The maximum Gasteiger partial charge on any atom is 0.458 e. The molecule has 0 unspecified atom stereocenters. The van der Waals surface area contributed by atoms with Crippen LogP contribution in [0, 0.1) is 0 Å². The highest BCUT2D eigenvalue weighted by molar-refractivity contribution is 7.03. The van der Waals surface area contributed by atoms with Crippen LogP contribution in [0.15, 0.2) is 12.3 Å². The standard InChI is InChI=1S/C12H23B2O4/c1-9(10(2,3)15-8)16-13-14-17-11(4,5)12(6,7)18-14/h1H2,2-8H3. The van der Waals surface area contributed by atoms with E-state index in [9.17, 15) is 0 Å². The Kier molecular flexibility index (Phi) is 4.26. The molecule has 0 N–H and O–H groups in total. The second kappa shape index (κ2) is 4.91. The van der Waals surface area contributed by atoms with Crippen LogP contribution in [0.25, 0.3) is 0 Å². The molecule has 0 aliphatic carbocycles. The molecule has 1 aliphatic heterocycles. The molecule has 0 aromatic carbocycles. The van der Waals surface area contributed by atoms with E-state index in [2.05, 4.69) is 6.58 Å². The molecule has 4 nitrogen and oxygen atoms in total. The van der Waals surface area contributed by atoms with E-state index in [0.717, 1.165) is 0 Å². The Morgan fingerprint density at radius 3 is 2.00 bits per heavy atom. The van der Waals surface area contributed by atoms with E-state index in [-0.39, 0.29) is 11.2 Å². The summed E-state index contributed by atoms with van der Waals surface area (Å²) in [6, 6.07) is 0. The molecule has 1 radical (unpaired) electrons. The molecular formula is C12H23B2O4. The first-order chi connectivity index (χ1) is 8.02. The first-order valence-electron chi connectivity index (χ1n) is 6.12. The quantitative estimate of drug-likeness (QED) is 0.555. The SMILES string of the molecule is C=C(O[B]B1OC(C)(C)C(C)(C)O1)C(C)(C)OC. The summed E-state index contributed by atoms with van der Waals surface area (Å²) in [6.45, 7) is 15.6. The van der Waals surface area contributed by atoms with E-state index in [1.165, 1.54) is 7.37 Å². The Labute approximate surface area is 111 Å². The van der Waals surface area contributed by atoms with Gasteiger partial charge in [-0.15, -0.1) is 0 Å². The lowest BCUT2D eigenvalue weighted by Gasteiger charge is -2.32. The lowest BCUT2D eigenvalue weighted by molar-refractivity contribution is 0.00578. The maximum atomic E-state index is 5.78. The summed E-state index contributed by atoms with van der Waals surface area (Å²) in [6.07, 6.45) is 0. The van der Waals surface area contributed by atoms with Crippen LogP contribution >= 0.6 is 0 Å². The number of rotatable bonds is 5. The normalized spacial score (nSPS) is 21.8. The van der Waals surface area contributed by atoms with Crippen LogP contribution in [0.3, 0.4) is 0 Å². The summed E-state index contributed by atoms with van der Waals surface area (Å²) in [5.74, 6) is 0.514. The molecule has 0 aromatic rings.